The van der Waals surface area contributed by atoms with E-state index >= 15 is 0 Å². The van der Waals surface area contributed by atoms with Crippen molar-refractivity contribution in [3.05, 3.63) is 34.6 Å². The molecule has 0 bridgehead atoms. The van der Waals surface area contributed by atoms with Crippen LogP contribution in [0.25, 0.3) is 0 Å². The smallest absolute Gasteiger partial charge is 0.242 e. The van der Waals surface area contributed by atoms with Gasteiger partial charge in [-0.3, -0.25) is 4.79 Å². The van der Waals surface area contributed by atoms with Gasteiger partial charge in [-0.25, -0.2) is 4.39 Å². The van der Waals surface area contributed by atoms with Crippen LogP contribution in [0.5, 0.6) is 0 Å². The molecule has 0 heterocycles. The van der Waals surface area contributed by atoms with E-state index in [0.29, 0.717) is 0 Å². The molecule has 5 heteroatoms. The molecule has 1 unspecified atom stereocenters. The SMILES string of the molecule is O=C(NC1CC1)C(Cl)c1c(F)cccc1Cl. The van der Waals surface area contributed by atoms with E-state index in [9.17, 15) is 9.18 Å². The van der Waals surface area contributed by atoms with Gasteiger partial charge in [0.05, 0.1) is 0 Å². The molecule has 2 nitrogen and oxygen atoms in total. The third kappa shape index (κ3) is 2.47. The fourth-order valence-electron chi connectivity index (χ4n) is 1.39. The minimum absolute atomic E-state index is 0.0454. The van der Waals surface area contributed by atoms with Crippen LogP contribution in [-0.2, 0) is 4.79 Å². The number of amides is 1. The van der Waals surface area contributed by atoms with Gasteiger partial charge in [-0.05, 0) is 25.0 Å². The molecule has 1 aromatic carbocycles. The second-order valence-electron chi connectivity index (χ2n) is 3.78. The summed E-state index contributed by atoms with van der Waals surface area (Å²) >= 11 is 11.7. The average molecular weight is 262 g/mol. The summed E-state index contributed by atoms with van der Waals surface area (Å²) in [5.74, 6) is -0.949. The van der Waals surface area contributed by atoms with Crippen LogP contribution in [0.3, 0.4) is 0 Å². The van der Waals surface area contributed by atoms with Crippen molar-refractivity contribution in [3.8, 4) is 0 Å². The molecule has 1 atom stereocenters. The number of alkyl halides is 1. The summed E-state index contributed by atoms with van der Waals surface area (Å²) in [6.07, 6.45) is 1.92. The number of carbonyl (C=O) groups is 1. The third-order valence-corrected chi connectivity index (χ3v) is 3.15. The molecule has 86 valence electrons. The molecule has 1 aromatic rings. The normalized spacial score (nSPS) is 16.9. The Labute approximate surface area is 103 Å². The van der Waals surface area contributed by atoms with Gasteiger partial charge in [-0.2, -0.15) is 0 Å². The highest BCUT2D eigenvalue weighted by molar-refractivity contribution is 6.35. The van der Waals surface area contributed by atoms with Gasteiger partial charge in [-0.1, -0.05) is 17.7 Å². The van der Waals surface area contributed by atoms with Crippen molar-refractivity contribution in [2.24, 2.45) is 0 Å². The van der Waals surface area contributed by atoms with E-state index in [0.717, 1.165) is 12.8 Å². The van der Waals surface area contributed by atoms with Gasteiger partial charge in [0, 0.05) is 16.6 Å². The highest BCUT2D eigenvalue weighted by Gasteiger charge is 2.29. The molecule has 0 aliphatic heterocycles. The molecule has 0 saturated heterocycles. The van der Waals surface area contributed by atoms with Crippen LogP contribution >= 0.6 is 23.2 Å². The largest absolute Gasteiger partial charge is 0.352 e. The summed E-state index contributed by atoms with van der Waals surface area (Å²) in [7, 11) is 0. The Bertz CT molecular complexity index is 400. The first kappa shape index (κ1) is 11.7. The van der Waals surface area contributed by atoms with Gasteiger partial charge in [0.1, 0.15) is 11.2 Å². The molecule has 1 fully saturated rings. The van der Waals surface area contributed by atoms with Gasteiger partial charge in [0.2, 0.25) is 5.91 Å². The van der Waals surface area contributed by atoms with Crippen molar-refractivity contribution in [1.82, 2.24) is 5.32 Å². The number of nitrogens with one attached hydrogen (secondary N) is 1. The van der Waals surface area contributed by atoms with Crippen molar-refractivity contribution in [3.63, 3.8) is 0 Å². The van der Waals surface area contributed by atoms with Crippen LogP contribution in [0.1, 0.15) is 23.8 Å². The van der Waals surface area contributed by atoms with Crippen molar-refractivity contribution in [2.45, 2.75) is 24.3 Å². The highest BCUT2D eigenvalue weighted by atomic mass is 35.5. The van der Waals surface area contributed by atoms with E-state index in [4.69, 9.17) is 23.2 Å². The van der Waals surface area contributed by atoms with Crippen molar-refractivity contribution in [1.29, 1.82) is 0 Å². The fourth-order valence-corrected chi connectivity index (χ4v) is 2.00. The fraction of sp³-hybridized carbons (Fsp3) is 0.364. The predicted octanol–water partition coefficient (Wildman–Crippen LogP) is 3.04. The van der Waals surface area contributed by atoms with Crippen LogP contribution < -0.4 is 5.32 Å². The molecule has 1 amide bonds. The summed E-state index contributed by atoms with van der Waals surface area (Å²) in [6, 6.07) is 4.42. The van der Waals surface area contributed by atoms with Crippen LogP contribution in [0, 0.1) is 5.82 Å². The maximum atomic E-state index is 13.5. The van der Waals surface area contributed by atoms with Crippen LogP contribution in [-0.4, -0.2) is 11.9 Å². The Morgan fingerprint density at radius 2 is 2.19 bits per heavy atom. The molecule has 0 radical (unpaired) electrons. The minimum atomic E-state index is -1.07. The van der Waals surface area contributed by atoms with Crippen molar-refractivity contribution in [2.75, 3.05) is 0 Å². The van der Waals surface area contributed by atoms with E-state index in [1.165, 1.54) is 18.2 Å². The van der Waals surface area contributed by atoms with Crippen LogP contribution in [0.2, 0.25) is 5.02 Å². The lowest BCUT2D eigenvalue weighted by molar-refractivity contribution is -0.121. The van der Waals surface area contributed by atoms with Crippen LogP contribution in [0.15, 0.2) is 18.2 Å². The topological polar surface area (TPSA) is 29.1 Å². The number of halogens is 3. The zero-order valence-corrected chi connectivity index (χ0v) is 9.85. The monoisotopic (exact) mass is 261 g/mol. The first-order chi connectivity index (χ1) is 7.59. The van der Waals surface area contributed by atoms with Gasteiger partial charge >= 0.3 is 0 Å². The van der Waals surface area contributed by atoms with Gasteiger partial charge < -0.3 is 5.32 Å². The Morgan fingerprint density at radius 3 is 2.75 bits per heavy atom. The third-order valence-electron chi connectivity index (χ3n) is 2.41. The molecule has 0 aromatic heterocycles. The summed E-state index contributed by atoms with van der Waals surface area (Å²) < 4.78 is 13.5. The molecule has 1 aliphatic rings. The molecule has 1 saturated carbocycles. The molecule has 1 N–H and O–H groups in total. The Balaban J connectivity index is 2.18. The van der Waals surface area contributed by atoms with Gasteiger partial charge in [-0.15, -0.1) is 11.6 Å². The van der Waals surface area contributed by atoms with E-state index in [2.05, 4.69) is 5.32 Å². The number of hydrogen-bond donors (Lipinski definition) is 1. The molecule has 1 aliphatic carbocycles. The minimum Gasteiger partial charge on any atom is -0.352 e. The quantitative estimate of drug-likeness (QED) is 0.833. The number of carbonyl (C=O) groups excluding carboxylic acids is 1. The van der Waals surface area contributed by atoms with E-state index in [1.54, 1.807) is 0 Å². The highest BCUT2D eigenvalue weighted by Crippen LogP contribution is 2.31. The Hall–Kier alpha value is -0.800. The predicted molar refractivity (Wildman–Crippen MR) is 61.2 cm³/mol. The van der Waals surface area contributed by atoms with Crippen molar-refractivity contribution >= 4 is 29.1 Å². The number of benzene rings is 1. The molecule has 0 spiro atoms. The van der Waals surface area contributed by atoms with Crippen LogP contribution in [0.4, 0.5) is 4.39 Å². The summed E-state index contributed by atoms with van der Waals surface area (Å²) in [6.45, 7) is 0. The van der Waals surface area contributed by atoms with Gasteiger partial charge in [0.25, 0.3) is 0 Å². The first-order valence-corrected chi connectivity index (χ1v) is 5.79. The summed E-state index contributed by atoms with van der Waals surface area (Å²) in [5.41, 5.74) is 0.0454. The lowest BCUT2D eigenvalue weighted by Crippen LogP contribution is -2.29. The maximum absolute atomic E-state index is 13.5. The molecule has 2 rings (SSSR count). The van der Waals surface area contributed by atoms with E-state index in [-0.39, 0.29) is 16.6 Å². The lowest BCUT2D eigenvalue weighted by atomic mass is 10.1. The molecular formula is C11H10Cl2FNO. The standard InChI is InChI=1S/C11H10Cl2FNO/c12-7-2-1-3-8(14)9(7)10(13)11(16)15-6-4-5-6/h1-3,6,10H,4-5H2,(H,15,16). The Kier molecular flexibility index (Phi) is 3.36. The average Bonchev–Trinajstić information content (AvgIpc) is 3.01. The second-order valence-corrected chi connectivity index (χ2v) is 4.62. The van der Waals surface area contributed by atoms with E-state index in [1.807, 2.05) is 0 Å². The van der Waals surface area contributed by atoms with E-state index < -0.39 is 17.1 Å². The van der Waals surface area contributed by atoms with Gasteiger partial charge in [0.15, 0.2) is 0 Å². The molecule has 16 heavy (non-hydrogen) atoms. The first-order valence-electron chi connectivity index (χ1n) is 4.98. The number of rotatable bonds is 3. The maximum Gasteiger partial charge on any atom is 0.242 e. The lowest BCUT2D eigenvalue weighted by Gasteiger charge is -2.12. The number of hydrogen-bond acceptors (Lipinski definition) is 1. The second kappa shape index (κ2) is 4.60. The van der Waals surface area contributed by atoms with Crippen molar-refractivity contribution < 1.29 is 9.18 Å². The zero-order chi connectivity index (χ0) is 11.7. The zero-order valence-electron chi connectivity index (χ0n) is 8.34. The summed E-state index contributed by atoms with van der Waals surface area (Å²) in [5, 5.41) is 1.81. The summed E-state index contributed by atoms with van der Waals surface area (Å²) in [4.78, 5) is 11.6. The molecular weight excluding hydrogens is 252 g/mol. The Morgan fingerprint density at radius 1 is 1.50 bits per heavy atom.